The second-order valence-corrected chi connectivity index (χ2v) is 5.86. The monoisotopic (exact) mass is 301 g/mol. The Morgan fingerprint density at radius 3 is 2.86 bits per heavy atom. The van der Waals surface area contributed by atoms with Gasteiger partial charge in [0.2, 0.25) is 0 Å². The highest BCUT2D eigenvalue weighted by molar-refractivity contribution is 7.05. The van der Waals surface area contributed by atoms with Crippen molar-refractivity contribution >= 4 is 22.4 Å². The normalized spacial score (nSPS) is 12.9. The standard InChI is InChI=1S/C15H19N5S/c1-4-11-15(21-19-17-11)13(16-2)9-12-10-7-5-6-8-14(10)20(3)18-12/h5-8,13,16H,4,9H2,1-3H3. The van der Waals surface area contributed by atoms with Crippen LogP contribution in [0.15, 0.2) is 24.3 Å². The fourth-order valence-corrected chi connectivity index (χ4v) is 3.53. The zero-order valence-electron chi connectivity index (χ0n) is 12.5. The van der Waals surface area contributed by atoms with E-state index >= 15 is 0 Å². The summed E-state index contributed by atoms with van der Waals surface area (Å²) in [6, 6.07) is 8.56. The lowest BCUT2D eigenvalue weighted by Crippen LogP contribution is -2.19. The molecule has 3 rings (SSSR count). The van der Waals surface area contributed by atoms with E-state index in [0.717, 1.165) is 24.2 Å². The molecule has 2 heterocycles. The number of aryl methyl sites for hydroxylation is 2. The van der Waals surface area contributed by atoms with Crippen molar-refractivity contribution in [3.63, 3.8) is 0 Å². The largest absolute Gasteiger partial charge is 0.312 e. The molecule has 0 saturated heterocycles. The van der Waals surface area contributed by atoms with E-state index < -0.39 is 0 Å². The van der Waals surface area contributed by atoms with Crippen molar-refractivity contribution in [3.8, 4) is 0 Å². The van der Waals surface area contributed by atoms with Crippen molar-refractivity contribution < 1.29 is 0 Å². The Morgan fingerprint density at radius 2 is 2.10 bits per heavy atom. The maximum Gasteiger partial charge on any atom is 0.0801 e. The van der Waals surface area contributed by atoms with Gasteiger partial charge in [-0.05, 0) is 31.1 Å². The minimum absolute atomic E-state index is 0.207. The summed E-state index contributed by atoms with van der Waals surface area (Å²) in [5.74, 6) is 0. The van der Waals surface area contributed by atoms with Gasteiger partial charge in [-0.1, -0.05) is 29.6 Å². The molecule has 0 radical (unpaired) electrons. The van der Waals surface area contributed by atoms with E-state index in [-0.39, 0.29) is 6.04 Å². The molecular weight excluding hydrogens is 282 g/mol. The van der Waals surface area contributed by atoms with E-state index in [9.17, 15) is 0 Å². The summed E-state index contributed by atoms with van der Waals surface area (Å²) in [5.41, 5.74) is 3.36. The molecule has 0 spiro atoms. The van der Waals surface area contributed by atoms with Crippen molar-refractivity contribution in [3.05, 3.63) is 40.5 Å². The summed E-state index contributed by atoms with van der Waals surface area (Å²) in [6.45, 7) is 2.11. The predicted molar refractivity (Wildman–Crippen MR) is 85.5 cm³/mol. The van der Waals surface area contributed by atoms with Crippen molar-refractivity contribution in [1.29, 1.82) is 0 Å². The van der Waals surface area contributed by atoms with Crippen LogP contribution in [0.1, 0.15) is 29.2 Å². The maximum absolute atomic E-state index is 4.68. The van der Waals surface area contributed by atoms with Gasteiger partial charge in [-0.3, -0.25) is 4.68 Å². The van der Waals surface area contributed by atoms with E-state index in [1.165, 1.54) is 27.3 Å². The van der Waals surface area contributed by atoms with E-state index in [1.807, 2.05) is 24.8 Å². The van der Waals surface area contributed by atoms with Gasteiger partial charge in [0, 0.05) is 18.9 Å². The minimum atomic E-state index is 0.207. The quantitative estimate of drug-likeness (QED) is 0.786. The van der Waals surface area contributed by atoms with Crippen LogP contribution in [0.5, 0.6) is 0 Å². The molecule has 1 unspecified atom stereocenters. The third kappa shape index (κ3) is 2.56. The lowest BCUT2D eigenvalue weighted by Gasteiger charge is -2.13. The Kier molecular flexibility index (Phi) is 3.98. The SMILES string of the molecule is CCc1nnsc1C(Cc1nn(C)c2ccccc12)NC. The summed E-state index contributed by atoms with van der Waals surface area (Å²) in [4.78, 5) is 1.22. The molecule has 5 nitrogen and oxygen atoms in total. The highest BCUT2D eigenvalue weighted by Crippen LogP contribution is 2.27. The topological polar surface area (TPSA) is 55.6 Å². The van der Waals surface area contributed by atoms with Crippen LogP contribution in [-0.4, -0.2) is 26.4 Å². The van der Waals surface area contributed by atoms with Crippen LogP contribution in [0.3, 0.4) is 0 Å². The average molecular weight is 301 g/mol. The third-order valence-electron chi connectivity index (χ3n) is 3.82. The Balaban J connectivity index is 1.96. The number of nitrogens with one attached hydrogen (secondary N) is 1. The van der Waals surface area contributed by atoms with Gasteiger partial charge in [-0.25, -0.2) is 0 Å². The van der Waals surface area contributed by atoms with Crippen LogP contribution in [0.2, 0.25) is 0 Å². The maximum atomic E-state index is 4.68. The van der Waals surface area contributed by atoms with Gasteiger partial charge >= 0.3 is 0 Å². The summed E-state index contributed by atoms with van der Waals surface area (Å²) < 4.78 is 6.04. The summed E-state index contributed by atoms with van der Waals surface area (Å²) in [6.07, 6.45) is 1.75. The number of hydrogen-bond acceptors (Lipinski definition) is 5. The summed E-state index contributed by atoms with van der Waals surface area (Å²) in [5, 5.41) is 13.5. The summed E-state index contributed by atoms with van der Waals surface area (Å²) in [7, 11) is 3.97. The Labute approximate surface area is 128 Å². The van der Waals surface area contributed by atoms with Crippen LogP contribution in [0, 0.1) is 0 Å². The highest BCUT2D eigenvalue weighted by Gasteiger charge is 2.20. The Morgan fingerprint density at radius 1 is 1.29 bits per heavy atom. The fourth-order valence-electron chi connectivity index (χ4n) is 2.68. The minimum Gasteiger partial charge on any atom is -0.312 e. The first kappa shape index (κ1) is 14.2. The molecule has 2 aromatic heterocycles. The highest BCUT2D eigenvalue weighted by atomic mass is 32.1. The molecule has 1 atom stereocenters. The van der Waals surface area contributed by atoms with Crippen molar-refractivity contribution in [2.45, 2.75) is 25.8 Å². The van der Waals surface area contributed by atoms with Crippen LogP contribution in [-0.2, 0) is 19.9 Å². The molecule has 0 bridgehead atoms. The van der Waals surface area contributed by atoms with Gasteiger partial charge in [-0.15, -0.1) is 5.10 Å². The number of benzene rings is 1. The molecule has 110 valence electrons. The molecule has 21 heavy (non-hydrogen) atoms. The lowest BCUT2D eigenvalue weighted by molar-refractivity contribution is 0.582. The van der Waals surface area contributed by atoms with Gasteiger partial charge in [0.25, 0.3) is 0 Å². The number of para-hydroxylation sites is 1. The molecule has 0 aliphatic heterocycles. The molecular formula is C15H19N5S. The number of likely N-dealkylation sites (N-methyl/N-ethyl adjacent to an activating group) is 1. The first-order valence-electron chi connectivity index (χ1n) is 7.13. The van der Waals surface area contributed by atoms with Crippen LogP contribution in [0.25, 0.3) is 10.9 Å². The fraction of sp³-hybridized carbons (Fsp3) is 0.400. The van der Waals surface area contributed by atoms with Gasteiger partial charge < -0.3 is 5.32 Å². The molecule has 0 fully saturated rings. The van der Waals surface area contributed by atoms with Crippen LogP contribution in [0.4, 0.5) is 0 Å². The molecule has 0 aliphatic rings. The number of rotatable bonds is 5. The molecule has 3 aromatic rings. The zero-order valence-corrected chi connectivity index (χ0v) is 13.3. The van der Waals surface area contributed by atoms with Crippen molar-refractivity contribution in [1.82, 2.24) is 24.7 Å². The molecule has 0 amide bonds. The van der Waals surface area contributed by atoms with Gasteiger partial charge in [0.1, 0.15) is 0 Å². The van der Waals surface area contributed by atoms with Gasteiger partial charge in [-0.2, -0.15) is 5.10 Å². The molecule has 0 aliphatic carbocycles. The molecule has 0 saturated carbocycles. The number of nitrogens with zero attached hydrogens (tertiary/aromatic N) is 4. The second kappa shape index (κ2) is 5.91. The summed E-state index contributed by atoms with van der Waals surface area (Å²) >= 11 is 1.48. The predicted octanol–water partition coefficient (Wildman–Crippen LogP) is 2.49. The molecule has 1 aromatic carbocycles. The van der Waals surface area contributed by atoms with E-state index in [0.29, 0.717) is 0 Å². The smallest absolute Gasteiger partial charge is 0.0801 e. The average Bonchev–Trinajstić information content (AvgIpc) is 3.10. The van der Waals surface area contributed by atoms with E-state index in [2.05, 4.69) is 45.1 Å². The zero-order chi connectivity index (χ0) is 14.8. The van der Waals surface area contributed by atoms with Crippen LogP contribution < -0.4 is 5.32 Å². The first-order valence-corrected chi connectivity index (χ1v) is 7.91. The lowest BCUT2D eigenvalue weighted by atomic mass is 10.0. The van der Waals surface area contributed by atoms with Gasteiger partial charge in [0.05, 0.1) is 27.8 Å². The molecule has 6 heteroatoms. The third-order valence-corrected chi connectivity index (χ3v) is 4.70. The number of aromatic nitrogens is 4. The Bertz CT molecular complexity index is 745. The first-order chi connectivity index (χ1) is 10.2. The van der Waals surface area contributed by atoms with Gasteiger partial charge in [0.15, 0.2) is 0 Å². The Hall–Kier alpha value is -1.79. The van der Waals surface area contributed by atoms with Crippen molar-refractivity contribution in [2.24, 2.45) is 7.05 Å². The second-order valence-electron chi connectivity index (χ2n) is 5.07. The number of hydrogen-bond donors (Lipinski definition) is 1. The van der Waals surface area contributed by atoms with Crippen molar-refractivity contribution in [2.75, 3.05) is 7.05 Å². The van der Waals surface area contributed by atoms with Crippen LogP contribution >= 0.6 is 11.5 Å². The molecule has 1 N–H and O–H groups in total. The number of fused-ring (bicyclic) bond motifs is 1. The van der Waals surface area contributed by atoms with E-state index in [1.54, 1.807) is 0 Å². The van der Waals surface area contributed by atoms with E-state index in [4.69, 9.17) is 0 Å².